The van der Waals surface area contributed by atoms with E-state index in [1.165, 1.54) is 0 Å². The summed E-state index contributed by atoms with van der Waals surface area (Å²) < 4.78 is 5.32. The molecule has 1 aromatic carbocycles. The van der Waals surface area contributed by atoms with Crippen LogP contribution in [0.2, 0.25) is 0 Å². The Balaban J connectivity index is 0.00000288. The third-order valence-corrected chi connectivity index (χ3v) is 4.72. The molecule has 0 aromatic heterocycles. The molecule has 1 amide bonds. The third kappa shape index (κ3) is 5.45. The highest BCUT2D eigenvalue weighted by Crippen LogP contribution is 2.30. The zero-order valence-electron chi connectivity index (χ0n) is 14.3. The second-order valence-electron chi connectivity index (χ2n) is 6.29. The van der Waals surface area contributed by atoms with Gasteiger partial charge in [0.25, 0.3) is 0 Å². The summed E-state index contributed by atoms with van der Waals surface area (Å²) in [5.74, 6) is 0.200. The maximum absolute atomic E-state index is 12.8. The van der Waals surface area contributed by atoms with Gasteiger partial charge in [0.2, 0.25) is 5.91 Å². The van der Waals surface area contributed by atoms with Gasteiger partial charge in [-0.05, 0) is 37.9 Å². The van der Waals surface area contributed by atoms with E-state index >= 15 is 0 Å². The molecule has 1 aliphatic rings. The quantitative estimate of drug-likeness (QED) is 0.663. The molecule has 1 aromatic rings. The molecule has 2 rings (SSSR count). The van der Waals surface area contributed by atoms with Crippen LogP contribution in [0.3, 0.4) is 0 Å². The number of rotatable bonds is 8. The minimum Gasteiger partial charge on any atom is -0.396 e. The average Bonchev–Trinajstić information content (AvgIpc) is 2.60. The summed E-state index contributed by atoms with van der Waals surface area (Å²) in [6, 6.07) is 10.0. The van der Waals surface area contributed by atoms with Crippen molar-refractivity contribution in [3.63, 3.8) is 0 Å². The smallest absolute Gasteiger partial charge is 0.228 e. The maximum Gasteiger partial charge on any atom is 0.228 e. The van der Waals surface area contributed by atoms with Gasteiger partial charge in [0.1, 0.15) is 0 Å². The van der Waals surface area contributed by atoms with Gasteiger partial charge < -0.3 is 20.5 Å². The van der Waals surface area contributed by atoms with Gasteiger partial charge >= 0.3 is 0 Å². The normalized spacial score (nSPS) is 17.6. The summed E-state index contributed by atoms with van der Waals surface area (Å²) in [6.45, 7) is 2.80. The average molecular weight is 357 g/mol. The van der Waals surface area contributed by atoms with Gasteiger partial charge in [-0.15, -0.1) is 12.4 Å². The first kappa shape index (κ1) is 20.9. The number of carbonyl (C=O) groups is 1. The van der Waals surface area contributed by atoms with Gasteiger partial charge in [0, 0.05) is 26.2 Å². The predicted octanol–water partition coefficient (Wildman–Crippen LogP) is 1.71. The molecule has 6 heteroatoms. The van der Waals surface area contributed by atoms with Crippen molar-refractivity contribution in [3.05, 3.63) is 35.9 Å². The van der Waals surface area contributed by atoms with Crippen molar-refractivity contribution in [1.82, 2.24) is 10.6 Å². The molecule has 0 radical (unpaired) electrons. The topological polar surface area (TPSA) is 70.6 Å². The fraction of sp³-hybridized carbons (Fsp3) is 0.611. The van der Waals surface area contributed by atoms with Crippen LogP contribution in [0.1, 0.15) is 30.7 Å². The van der Waals surface area contributed by atoms with Gasteiger partial charge in [0.05, 0.1) is 12.0 Å². The van der Waals surface area contributed by atoms with E-state index in [0.717, 1.165) is 31.5 Å². The molecule has 136 valence electrons. The second-order valence-corrected chi connectivity index (χ2v) is 6.29. The highest BCUT2D eigenvalue weighted by Gasteiger charge is 2.39. The number of ether oxygens (including phenoxy) is 1. The molecule has 0 spiro atoms. The van der Waals surface area contributed by atoms with Crippen LogP contribution in [0, 0.1) is 5.41 Å². The Morgan fingerprint density at radius 1 is 1.33 bits per heavy atom. The van der Waals surface area contributed by atoms with Crippen LogP contribution in [0.5, 0.6) is 0 Å². The lowest BCUT2D eigenvalue weighted by Crippen LogP contribution is -2.50. The lowest BCUT2D eigenvalue weighted by molar-refractivity contribution is -0.136. The molecule has 24 heavy (non-hydrogen) atoms. The molecule has 1 aliphatic heterocycles. The van der Waals surface area contributed by atoms with E-state index < -0.39 is 5.41 Å². The Bertz CT molecular complexity index is 473. The number of aliphatic hydroxyl groups is 1. The largest absolute Gasteiger partial charge is 0.396 e. The molecule has 0 bridgehead atoms. The van der Waals surface area contributed by atoms with Crippen molar-refractivity contribution in [1.29, 1.82) is 0 Å². The molecular weight excluding hydrogens is 328 g/mol. The third-order valence-electron chi connectivity index (χ3n) is 4.72. The van der Waals surface area contributed by atoms with Crippen molar-refractivity contribution in [2.75, 3.05) is 40.0 Å². The fourth-order valence-corrected chi connectivity index (χ4v) is 3.29. The minimum absolute atomic E-state index is 0. The number of hydrogen-bond donors (Lipinski definition) is 3. The first-order valence-electron chi connectivity index (χ1n) is 8.35. The lowest BCUT2D eigenvalue weighted by Gasteiger charge is -2.36. The molecule has 5 nitrogen and oxygen atoms in total. The molecule has 1 saturated heterocycles. The number of aliphatic hydroxyl groups excluding tert-OH is 1. The van der Waals surface area contributed by atoms with Crippen molar-refractivity contribution >= 4 is 18.3 Å². The Kier molecular flexibility index (Phi) is 9.29. The molecular formula is C18H29ClN2O3. The monoisotopic (exact) mass is 356 g/mol. The number of piperidine rings is 1. The first-order valence-corrected chi connectivity index (χ1v) is 8.35. The minimum atomic E-state index is -0.430. The molecule has 1 heterocycles. The highest BCUT2D eigenvalue weighted by atomic mass is 35.5. The molecule has 0 aliphatic carbocycles. The van der Waals surface area contributed by atoms with Crippen LogP contribution in [-0.2, 0) is 9.53 Å². The summed E-state index contributed by atoms with van der Waals surface area (Å²) in [4.78, 5) is 12.8. The van der Waals surface area contributed by atoms with Crippen LogP contribution in [0.4, 0.5) is 0 Å². The summed E-state index contributed by atoms with van der Waals surface area (Å²) in [7, 11) is 1.65. The Hall–Kier alpha value is -1.14. The molecule has 1 unspecified atom stereocenters. The zero-order chi connectivity index (χ0) is 16.5. The van der Waals surface area contributed by atoms with Crippen molar-refractivity contribution < 1.29 is 14.6 Å². The zero-order valence-corrected chi connectivity index (χ0v) is 15.1. The number of halogens is 1. The second kappa shape index (κ2) is 10.7. The van der Waals surface area contributed by atoms with E-state index in [0.29, 0.717) is 19.6 Å². The van der Waals surface area contributed by atoms with Crippen LogP contribution in [-0.4, -0.2) is 51.0 Å². The number of carbonyl (C=O) groups excluding carboxylic acids is 1. The Morgan fingerprint density at radius 3 is 2.58 bits per heavy atom. The number of nitrogens with one attached hydrogen (secondary N) is 2. The predicted molar refractivity (Wildman–Crippen MR) is 97.6 cm³/mol. The van der Waals surface area contributed by atoms with Gasteiger partial charge in [-0.3, -0.25) is 4.79 Å². The first-order chi connectivity index (χ1) is 11.2. The number of amides is 1. The van der Waals surface area contributed by atoms with Crippen LogP contribution < -0.4 is 10.6 Å². The maximum atomic E-state index is 12.8. The van der Waals surface area contributed by atoms with Crippen LogP contribution in [0.25, 0.3) is 0 Å². The van der Waals surface area contributed by atoms with Crippen LogP contribution in [0.15, 0.2) is 30.3 Å². The van der Waals surface area contributed by atoms with Crippen molar-refractivity contribution in [2.45, 2.75) is 25.2 Å². The van der Waals surface area contributed by atoms with E-state index in [4.69, 9.17) is 4.74 Å². The number of benzene rings is 1. The molecule has 3 N–H and O–H groups in total. The van der Waals surface area contributed by atoms with E-state index in [-0.39, 0.29) is 30.8 Å². The highest BCUT2D eigenvalue weighted by molar-refractivity contribution is 5.85. The Labute approximate surface area is 150 Å². The number of hydrogen-bond acceptors (Lipinski definition) is 4. The van der Waals surface area contributed by atoms with E-state index in [2.05, 4.69) is 10.6 Å². The van der Waals surface area contributed by atoms with Gasteiger partial charge in [-0.25, -0.2) is 0 Å². The van der Waals surface area contributed by atoms with E-state index in [1.54, 1.807) is 7.11 Å². The molecule has 0 saturated carbocycles. The summed E-state index contributed by atoms with van der Waals surface area (Å²) in [5.41, 5.74) is 0.716. The molecule has 1 fully saturated rings. The lowest BCUT2D eigenvalue weighted by atomic mass is 9.78. The summed E-state index contributed by atoms with van der Waals surface area (Å²) in [5, 5.41) is 15.7. The Morgan fingerprint density at radius 2 is 2.00 bits per heavy atom. The van der Waals surface area contributed by atoms with E-state index in [9.17, 15) is 9.90 Å². The summed E-state index contributed by atoms with van der Waals surface area (Å²) >= 11 is 0. The van der Waals surface area contributed by atoms with Gasteiger partial charge in [-0.1, -0.05) is 30.3 Å². The van der Waals surface area contributed by atoms with Gasteiger partial charge in [0.15, 0.2) is 0 Å². The van der Waals surface area contributed by atoms with Gasteiger partial charge in [-0.2, -0.15) is 0 Å². The number of methoxy groups -OCH3 is 1. The van der Waals surface area contributed by atoms with Crippen molar-refractivity contribution in [3.8, 4) is 0 Å². The SMILES string of the molecule is COCC1(C(=O)NCC(CCO)c2ccccc2)CCNCC1.Cl. The van der Waals surface area contributed by atoms with E-state index in [1.807, 2.05) is 30.3 Å². The fourth-order valence-electron chi connectivity index (χ4n) is 3.29. The summed E-state index contributed by atoms with van der Waals surface area (Å²) in [6.07, 6.45) is 2.23. The standard InChI is InChI=1S/C18H28N2O3.ClH/c1-23-14-18(8-10-19-11-9-18)17(22)20-13-16(7-12-21)15-5-3-2-4-6-15;/h2-6,16,19,21H,7-14H2,1H3,(H,20,22);1H. The molecule has 1 atom stereocenters. The van der Waals surface area contributed by atoms with Crippen molar-refractivity contribution in [2.24, 2.45) is 5.41 Å². The van der Waals surface area contributed by atoms with Crippen LogP contribution >= 0.6 is 12.4 Å².